The summed E-state index contributed by atoms with van der Waals surface area (Å²) in [6.45, 7) is 3.28. The third-order valence-electron chi connectivity index (χ3n) is 5.12. The van der Waals surface area contributed by atoms with Crippen LogP contribution in [0.2, 0.25) is 10.0 Å². The maximum atomic E-state index is 13.5. The molecule has 12 nitrogen and oxygen atoms in total. The van der Waals surface area contributed by atoms with E-state index in [2.05, 4.69) is 9.73 Å². The number of benzene rings is 3. The minimum atomic E-state index is -1.03. The molecule has 0 saturated carbocycles. The first-order chi connectivity index (χ1) is 19.2. The molecule has 1 aromatic heterocycles. The second-order valence-corrected chi connectivity index (χ2v) is 8.82. The fourth-order valence-electron chi connectivity index (χ4n) is 3.00. The van der Waals surface area contributed by atoms with Gasteiger partial charge < -0.3 is 20.6 Å². The zero-order valence-corrected chi connectivity index (χ0v) is 22.8. The summed E-state index contributed by atoms with van der Waals surface area (Å²) in [7, 11) is 0. The summed E-state index contributed by atoms with van der Waals surface area (Å²) in [6.07, 6.45) is 1.32. The minimum Gasteiger partial charge on any atom is -0.475 e. The average Bonchev–Trinajstić information content (AvgIpc) is 3.44. The summed E-state index contributed by atoms with van der Waals surface area (Å²) in [4.78, 5) is 41.9. The molecule has 0 aliphatic heterocycles. The molecule has 4 rings (SSSR count). The van der Waals surface area contributed by atoms with Crippen molar-refractivity contribution in [3.63, 3.8) is 0 Å². The summed E-state index contributed by atoms with van der Waals surface area (Å²) < 4.78 is 18.0. The second-order valence-electron chi connectivity index (χ2n) is 8.01. The van der Waals surface area contributed by atoms with Gasteiger partial charge in [-0.15, -0.1) is 0 Å². The van der Waals surface area contributed by atoms with E-state index in [4.69, 9.17) is 34.0 Å². The van der Waals surface area contributed by atoms with E-state index in [-0.39, 0.29) is 32.7 Å². The first-order valence-electron chi connectivity index (χ1n) is 11.2. The molecule has 41 heavy (non-hydrogen) atoms. The Hall–Kier alpha value is -5.01. The summed E-state index contributed by atoms with van der Waals surface area (Å²) in [5.41, 5.74) is 6.87. The Balaban J connectivity index is 0.000000246. The molecule has 0 atom stereocenters. The highest BCUT2D eigenvalue weighted by molar-refractivity contribution is 6.33. The number of nitrogen functional groups attached to an aromatic ring is 1. The van der Waals surface area contributed by atoms with E-state index in [9.17, 15) is 34.2 Å². The first kappa shape index (κ1) is 32.2. The number of nitrogens with zero attached hydrogens (tertiary/aromatic N) is 2. The number of carbonyl (C=O) groups excluding carboxylic acids is 1. The van der Waals surface area contributed by atoms with Crippen LogP contribution in [0.1, 0.15) is 32.0 Å². The van der Waals surface area contributed by atoms with Crippen molar-refractivity contribution in [2.45, 2.75) is 13.8 Å². The summed E-state index contributed by atoms with van der Waals surface area (Å²) in [6, 6.07) is 13.7. The van der Waals surface area contributed by atoms with E-state index in [1.165, 1.54) is 66.9 Å². The van der Waals surface area contributed by atoms with E-state index in [0.717, 1.165) is 0 Å². The zero-order valence-electron chi connectivity index (χ0n) is 21.3. The topological polar surface area (TPSA) is 192 Å². The van der Waals surface area contributed by atoms with Crippen molar-refractivity contribution < 1.29 is 33.3 Å². The van der Waals surface area contributed by atoms with Gasteiger partial charge in [0, 0.05) is 23.5 Å². The Morgan fingerprint density at radius 2 is 1.49 bits per heavy atom. The number of halogens is 3. The van der Waals surface area contributed by atoms with Crippen molar-refractivity contribution >= 4 is 57.8 Å². The SMILES string of the molecule is Cc1cc([N+](=O)[O-])c(Cl)cc1N.Cc1cc([N+](=O)[O-])c(Cl)cc1NC(=O)c1ccccc1F.O=C(O)c1ccco1. The van der Waals surface area contributed by atoms with Crippen LogP contribution in [0, 0.1) is 39.9 Å². The van der Waals surface area contributed by atoms with Gasteiger partial charge in [-0.05, 0) is 61.4 Å². The van der Waals surface area contributed by atoms with Crippen LogP contribution in [0.4, 0.5) is 27.1 Å². The number of carboxylic acid groups (broad SMARTS) is 1. The van der Waals surface area contributed by atoms with Gasteiger partial charge >= 0.3 is 5.97 Å². The van der Waals surface area contributed by atoms with E-state index < -0.39 is 27.5 Å². The predicted octanol–water partition coefficient (Wildman–Crippen LogP) is 7.06. The number of aryl methyl sites for hydroxylation is 2. The highest BCUT2D eigenvalue weighted by Crippen LogP contribution is 2.31. The molecule has 0 fully saturated rings. The highest BCUT2D eigenvalue weighted by Gasteiger charge is 2.18. The van der Waals surface area contributed by atoms with Crippen LogP contribution < -0.4 is 11.1 Å². The van der Waals surface area contributed by atoms with Gasteiger partial charge in [0.2, 0.25) is 5.76 Å². The number of aromatic carboxylic acids is 1. The third-order valence-corrected chi connectivity index (χ3v) is 5.73. The van der Waals surface area contributed by atoms with Gasteiger partial charge in [-0.3, -0.25) is 25.0 Å². The molecule has 0 unspecified atom stereocenters. The van der Waals surface area contributed by atoms with E-state index in [1.54, 1.807) is 13.8 Å². The van der Waals surface area contributed by atoms with Crippen molar-refractivity contribution in [3.8, 4) is 0 Å². The van der Waals surface area contributed by atoms with Gasteiger partial charge in [0.1, 0.15) is 15.9 Å². The van der Waals surface area contributed by atoms with Gasteiger partial charge in [-0.25, -0.2) is 9.18 Å². The van der Waals surface area contributed by atoms with Gasteiger partial charge in [-0.1, -0.05) is 35.3 Å². The number of carbonyl (C=O) groups is 2. The molecule has 15 heteroatoms. The van der Waals surface area contributed by atoms with Crippen molar-refractivity contribution in [3.05, 3.63) is 125 Å². The number of nitro benzene ring substituents is 2. The number of furan rings is 1. The van der Waals surface area contributed by atoms with Crippen LogP contribution in [0.5, 0.6) is 0 Å². The highest BCUT2D eigenvalue weighted by atomic mass is 35.5. The molecule has 1 heterocycles. The van der Waals surface area contributed by atoms with E-state index in [1.807, 2.05) is 0 Å². The lowest BCUT2D eigenvalue weighted by Crippen LogP contribution is -2.14. The fourth-order valence-corrected chi connectivity index (χ4v) is 3.47. The number of nitro groups is 2. The number of hydrogen-bond acceptors (Lipinski definition) is 8. The van der Waals surface area contributed by atoms with Crippen LogP contribution in [0.3, 0.4) is 0 Å². The van der Waals surface area contributed by atoms with Crippen molar-refractivity contribution in [2.75, 3.05) is 11.1 Å². The van der Waals surface area contributed by atoms with Crippen LogP contribution in [0.15, 0.2) is 71.3 Å². The van der Waals surface area contributed by atoms with Crippen molar-refractivity contribution in [1.29, 1.82) is 0 Å². The second kappa shape index (κ2) is 14.4. The molecule has 0 radical (unpaired) electrons. The number of nitrogens with two attached hydrogens (primary N) is 1. The maximum absolute atomic E-state index is 13.5. The molecule has 4 aromatic rings. The molecule has 4 N–H and O–H groups in total. The standard InChI is InChI=1S/C14H10ClFN2O3.C7H7ClN2O2.C5H4O3/c1-8-6-13(18(20)21)10(15)7-12(8)17-14(19)9-4-2-3-5-11(9)16;1-4-2-7(10(11)12)5(8)3-6(4)9;6-5(7)4-2-1-3-8-4/h2-7H,1H3,(H,17,19);2-3H,9H2,1H3;1-3H,(H,6,7). The molecule has 0 saturated heterocycles. The van der Waals surface area contributed by atoms with Gasteiger partial charge in [0.25, 0.3) is 17.3 Å². The average molecular weight is 607 g/mol. The lowest BCUT2D eigenvalue weighted by Gasteiger charge is -2.09. The van der Waals surface area contributed by atoms with Gasteiger partial charge in [0.05, 0.1) is 21.7 Å². The monoisotopic (exact) mass is 606 g/mol. The Bertz CT molecular complexity index is 1600. The molecule has 0 aliphatic carbocycles. The molecule has 0 bridgehead atoms. The Morgan fingerprint density at radius 1 is 0.927 bits per heavy atom. The van der Waals surface area contributed by atoms with Gasteiger partial charge in [-0.2, -0.15) is 0 Å². The van der Waals surface area contributed by atoms with E-state index >= 15 is 0 Å². The Morgan fingerprint density at radius 3 is 1.98 bits per heavy atom. The number of hydrogen-bond donors (Lipinski definition) is 3. The number of amides is 1. The van der Waals surface area contributed by atoms with Crippen LogP contribution in [0.25, 0.3) is 0 Å². The molecule has 1 amide bonds. The van der Waals surface area contributed by atoms with Crippen molar-refractivity contribution in [1.82, 2.24) is 0 Å². The lowest BCUT2D eigenvalue weighted by atomic mass is 10.1. The third kappa shape index (κ3) is 9.02. The molecular formula is C26H21Cl2FN4O8. The first-order valence-corrected chi connectivity index (χ1v) is 12.0. The number of nitrogens with one attached hydrogen (secondary N) is 1. The maximum Gasteiger partial charge on any atom is 0.371 e. The summed E-state index contributed by atoms with van der Waals surface area (Å²) in [5.74, 6) is -2.36. The molecular weight excluding hydrogens is 586 g/mol. The Kier molecular flexibility index (Phi) is 11.3. The molecule has 3 aromatic carbocycles. The van der Waals surface area contributed by atoms with Crippen LogP contribution >= 0.6 is 23.2 Å². The quantitative estimate of drug-likeness (QED) is 0.121. The zero-order chi connectivity index (χ0) is 30.9. The summed E-state index contributed by atoms with van der Waals surface area (Å²) >= 11 is 11.4. The molecule has 0 aliphatic rings. The predicted molar refractivity (Wildman–Crippen MR) is 150 cm³/mol. The lowest BCUT2D eigenvalue weighted by molar-refractivity contribution is -0.384. The van der Waals surface area contributed by atoms with Crippen LogP contribution in [-0.4, -0.2) is 26.8 Å². The minimum absolute atomic E-state index is 0.0231. The molecule has 214 valence electrons. The number of carboxylic acids is 1. The van der Waals surface area contributed by atoms with Gasteiger partial charge in [0.15, 0.2) is 0 Å². The smallest absolute Gasteiger partial charge is 0.371 e. The Labute approximate surface area is 241 Å². The number of anilines is 2. The summed E-state index contributed by atoms with van der Waals surface area (Å²) in [5, 5.41) is 31.8. The van der Waals surface area contributed by atoms with Crippen LogP contribution in [-0.2, 0) is 0 Å². The number of rotatable bonds is 5. The largest absolute Gasteiger partial charge is 0.475 e. The molecule has 0 spiro atoms. The van der Waals surface area contributed by atoms with E-state index in [0.29, 0.717) is 22.5 Å². The normalized spacial score (nSPS) is 9.88. The fraction of sp³-hybridized carbons (Fsp3) is 0.0769. The van der Waals surface area contributed by atoms with Crippen molar-refractivity contribution in [2.24, 2.45) is 0 Å².